The highest BCUT2D eigenvalue weighted by Gasteiger charge is 2.35. The minimum Gasteiger partial charge on any atom is -0.351 e. The summed E-state index contributed by atoms with van der Waals surface area (Å²) in [6.07, 6.45) is 2.44. The van der Waals surface area contributed by atoms with Crippen LogP contribution in [0.1, 0.15) is 24.8 Å². The van der Waals surface area contributed by atoms with Crippen molar-refractivity contribution in [3.05, 3.63) is 35.9 Å². The van der Waals surface area contributed by atoms with E-state index in [4.69, 9.17) is 11.6 Å². The average Bonchev–Trinajstić information content (AvgIpc) is 2.47. The number of alkyl halides is 1. The van der Waals surface area contributed by atoms with Gasteiger partial charge in [0.1, 0.15) is 5.25 Å². The van der Waals surface area contributed by atoms with Gasteiger partial charge in [0.2, 0.25) is 5.91 Å². The van der Waals surface area contributed by atoms with E-state index in [9.17, 15) is 13.2 Å². The molecule has 1 fully saturated rings. The normalized spacial score (nSPS) is 22.4. The Hall–Kier alpha value is -1.07. The first-order valence-electron chi connectivity index (χ1n) is 7.15. The highest BCUT2D eigenvalue weighted by Crippen LogP contribution is 2.20. The summed E-state index contributed by atoms with van der Waals surface area (Å²) in [5, 5.41) is 1.88. The highest BCUT2D eigenvalue weighted by molar-refractivity contribution is 7.92. The molecule has 4 nitrogen and oxygen atoms in total. The molecule has 0 radical (unpaired) electrons. The molecular formula is C15H20ClNO3S. The number of carbonyl (C=O) groups excluding carboxylic acids is 1. The summed E-state index contributed by atoms with van der Waals surface area (Å²) in [7, 11) is -3.30. The van der Waals surface area contributed by atoms with Crippen LogP contribution in [-0.2, 0) is 21.1 Å². The molecule has 1 amide bonds. The molecule has 1 aliphatic rings. The van der Waals surface area contributed by atoms with Gasteiger partial charge in [0.05, 0.1) is 5.75 Å². The zero-order valence-corrected chi connectivity index (χ0v) is 13.4. The third-order valence-electron chi connectivity index (χ3n) is 3.73. The standard InChI is InChI=1S/C15H20ClNO3S/c16-11-13(10-12-6-2-1-3-7-12)17-15(18)14-8-4-5-9-21(14,19)20/h1-3,6-7,13-14H,4-5,8-11H2,(H,17,18). The van der Waals surface area contributed by atoms with Gasteiger partial charge in [-0.2, -0.15) is 0 Å². The lowest BCUT2D eigenvalue weighted by atomic mass is 10.1. The molecule has 0 spiro atoms. The van der Waals surface area contributed by atoms with E-state index in [1.54, 1.807) is 0 Å². The molecule has 21 heavy (non-hydrogen) atoms. The summed E-state index contributed by atoms with van der Waals surface area (Å²) in [6.45, 7) is 0. The second kappa shape index (κ2) is 7.27. The van der Waals surface area contributed by atoms with Crippen LogP contribution in [0.15, 0.2) is 30.3 Å². The molecule has 2 atom stereocenters. The van der Waals surface area contributed by atoms with Gasteiger partial charge in [0.15, 0.2) is 9.84 Å². The number of nitrogens with one attached hydrogen (secondary N) is 1. The van der Waals surface area contributed by atoms with Gasteiger partial charge in [0, 0.05) is 11.9 Å². The molecule has 1 saturated heterocycles. The number of halogens is 1. The van der Waals surface area contributed by atoms with Crippen molar-refractivity contribution >= 4 is 27.3 Å². The number of hydrogen-bond acceptors (Lipinski definition) is 3. The molecule has 0 saturated carbocycles. The van der Waals surface area contributed by atoms with Crippen molar-refractivity contribution in [2.45, 2.75) is 37.0 Å². The van der Waals surface area contributed by atoms with Crippen molar-refractivity contribution in [3.63, 3.8) is 0 Å². The Balaban J connectivity index is 1.99. The quantitative estimate of drug-likeness (QED) is 0.839. The van der Waals surface area contributed by atoms with E-state index in [1.165, 1.54) is 0 Å². The van der Waals surface area contributed by atoms with Crippen LogP contribution in [-0.4, -0.2) is 37.2 Å². The number of sulfone groups is 1. The first kappa shape index (κ1) is 16.3. The lowest BCUT2D eigenvalue weighted by Gasteiger charge is -2.24. The van der Waals surface area contributed by atoms with Gasteiger partial charge in [-0.15, -0.1) is 11.6 Å². The van der Waals surface area contributed by atoms with Gasteiger partial charge < -0.3 is 5.32 Å². The Morgan fingerprint density at radius 1 is 1.29 bits per heavy atom. The van der Waals surface area contributed by atoms with Crippen LogP contribution in [0.2, 0.25) is 0 Å². The van der Waals surface area contributed by atoms with Gasteiger partial charge in [-0.3, -0.25) is 4.79 Å². The van der Waals surface area contributed by atoms with Gasteiger partial charge in [-0.25, -0.2) is 8.42 Å². The molecule has 0 aromatic heterocycles. The van der Waals surface area contributed by atoms with Gasteiger partial charge in [-0.05, 0) is 24.8 Å². The first-order chi connectivity index (χ1) is 10.0. The lowest BCUT2D eigenvalue weighted by Crippen LogP contribution is -2.47. The van der Waals surface area contributed by atoms with Gasteiger partial charge in [-0.1, -0.05) is 36.8 Å². The first-order valence-corrected chi connectivity index (χ1v) is 9.40. The molecule has 1 heterocycles. The number of hydrogen-bond donors (Lipinski definition) is 1. The largest absolute Gasteiger partial charge is 0.351 e. The summed E-state index contributed by atoms with van der Waals surface area (Å²) in [6, 6.07) is 9.44. The predicted molar refractivity (Wildman–Crippen MR) is 84.2 cm³/mol. The fourth-order valence-corrected chi connectivity index (χ4v) is 4.58. The van der Waals surface area contributed by atoms with Crippen LogP contribution in [0.5, 0.6) is 0 Å². The zero-order valence-electron chi connectivity index (χ0n) is 11.8. The van der Waals surface area contributed by atoms with Crippen molar-refractivity contribution in [2.75, 3.05) is 11.6 Å². The maximum absolute atomic E-state index is 12.2. The van der Waals surface area contributed by atoms with E-state index in [0.29, 0.717) is 19.3 Å². The van der Waals surface area contributed by atoms with E-state index < -0.39 is 21.0 Å². The molecule has 6 heteroatoms. The molecule has 2 unspecified atom stereocenters. The molecule has 1 N–H and O–H groups in total. The maximum atomic E-state index is 12.2. The molecule has 1 aromatic rings. The molecular weight excluding hydrogens is 310 g/mol. The van der Waals surface area contributed by atoms with E-state index in [0.717, 1.165) is 12.0 Å². The smallest absolute Gasteiger partial charge is 0.238 e. The van der Waals surface area contributed by atoms with Crippen molar-refractivity contribution < 1.29 is 13.2 Å². The molecule has 1 aliphatic heterocycles. The fraction of sp³-hybridized carbons (Fsp3) is 0.533. The minimum atomic E-state index is -3.30. The van der Waals surface area contributed by atoms with E-state index in [-0.39, 0.29) is 17.7 Å². The van der Waals surface area contributed by atoms with E-state index >= 15 is 0 Å². The highest BCUT2D eigenvalue weighted by atomic mass is 35.5. The third kappa shape index (κ3) is 4.45. The van der Waals surface area contributed by atoms with Crippen LogP contribution in [0.3, 0.4) is 0 Å². The van der Waals surface area contributed by atoms with Crippen molar-refractivity contribution in [1.29, 1.82) is 0 Å². The van der Waals surface area contributed by atoms with E-state index in [2.05, 4.69) is 5.32 Å². The Bertz CT molecular complexity index is 574. The summed E-state index contributed by atoms with van der Waals surface area (Å²) in [4.78, 5) is 12.2. The van der Waals surface area contributed by atoms with Crippen LogP contribution in [0.4, 0.5) is 0 Å². The number of amides is 1. The molecule has 2 rings (SSSR count). The molecule has 1 aromatic carbocycles. The fourth-order valence-electron chi connectivity index (χ4n) is 2.59. The molecule has 0 bridgehead atoms. The lowest BCUT2D eigenvalue weighted by molar-refractivity contribution is -0.121. The van der Waals surface area contributed by atoms with Crippen molar-refractivity contribution in [3.8, 4) is 0 Å². The van der Waals surface area contributed by atoms with Crippen molar-refractivity contribution in [1.82, 2.24) is 5.32 Å². The number of benzene rings is 1. The predicted octanol–water partition coefficient (Wildman–Crippen LogP) is 1.92. The van der Waals surface area contributed by atoms with Crippen LogP contribution < -0.4 is 5.32 Å². The summed E-state index contributed by atoms with van der Waals surface area (Å²) < 4.78 is 23.9. The maximum Gasteiger partial charge on any atom is 0.238 e. The van der Waals surface area contributed by atoms with Crippen LogP contribution in [0, 0.1) is 0 Å². The van der Waals surface area contributed by atoms with Gasteiger partial charge in [0.25, 0.3) is 0 Å². The zero-order chi connectivity index (χ0) is 15.3. The second-order valence-electron chi connectivity index (χ2n) is 5.40. The number of carbonyl (C=O) groups is 1. The third-order valence-corrected chi connectivity index (χ3v) is 6.28. The SMILES string of the molecule is O=C(NC(CCl)Cc1ccccc1)C1CCCCS1(=O)=O. The van der Waals surface area contributed by atoms with Crippen LogP contribution >= 0.6 is 11.6 Å². The summed E-state index contributed by atoms with van der Waals surface area (Å²) in [5.74, 6) is -0.0424. The van der Waals surface area contributed by atoms with Crippen molar-refractivity contribution in [2.24, 2.45) is 0 Å². The second-order valence-corrected chi connectivity index (χ2v) is 8.01. The molecule has 0 aliphatic carbocycles. The number of rotatable bonds is 5. The molecule has 116 valence electrons. The van der Waals surface area contributed by atoms with E-state index in [1.807, 2.05) is 30.3 Å². The van der Waals surface area contributed by atoms with Crippen LogP contribution in [0.25, 0.3) is 0 Å². The Kier molecular flexibility index (Phi) is 5.65. The summed E-state index contributed by atoms with van der Waals surface area (Å²) >= 11 is 5.91. The average molecular weight is 330 g/mol. The topological polar surface area (TPSA) is 63.2 Å². The summed E-state index contributed by atoms with van der Waals surface area (Å²) in [5.41, 5.74) is 1.06. The monoisotopic (exact) mass is 329 g/mol. The Morgan fingerprint density at radius 3 is 2.62 bits per heavy atom. The minimum absolute atomic E-state index is 0.106. The van der Waals surface area contributed by atoms with Gasteiger partial charge >= 0.3 is 0 Å². The Labute approximate surface area is 130 Å². The Morgan fingerprint density at radius 2 is 2.00 bits per heavy atom.